The maximum atomic E-state index is 12.0. The van der Waals surface area contributed by atoms with E-state index in [9.17, 15) is 4.55 Å². The summed E-state index contributed by atoms with van der Waals surface area (Å²) in [6, 6.07) is 7.22. The molecular weight excluding hydrogens is 308 g/mol. The third-order valence-corrected chi connectivity index (χ3v) is 5.13. The van der Waals surface area contributed by atoms with Crippen LogP contribution in [0.25, 0.3) is 0 Å². The van der Waals surface area contributed by atoms with Gasteiger partial charge in [-0.1, -0.05) is 25.4 Å². The molecule has 1 aliphatic heterocycles. The zero-order valence-electron chi connectivity index (χ0n) is 12.3. The van der Waals surface area contributed by atoms with Crippen molar-refractivity contribution in [2.75, 3.05) is 17.3 Å². The standard InChI is InChI=1S/C14H21ClN4OS/c1-10(2)13(14(16)18-8-3-9-21(18)20)19(17)12-6-4-11(15)5-7-12/h4-7,10H,3,8-9,16-17H2,1-2H3/b14-13+. The van der Waals surface area contributed by atoms with Gasteiger partial charge >= 0.3 is 0 Å². The molecule has 5 nitrogen and oxygen atoms in total. The van der Waals surface area contributed by atoms with E-state index in [2.05, 4.69) is 0 Å². The fraction of sp³-hybridized carbons (Fsp3) is 0.429. The van der Waals surface area contributed by atoms with Crippen molar-refractivity contribution in [2.45, 2.75) is 20.3 Å². The summed E-state index contributed by atoms with van der Waals surface area (Å²) in [6.45, 7) is 4.72. The highest BCUT2D eigenvalue weighted by molar-refractivity contribution is 7.89. The van der Waals surface area contributed by atoms with Crippen LogP contribution < -0.4 is 16.6 Å². The van der Waals surface area contributed by atoms with Crippen molar-refractivity contribution in [3.8, 4) is 0 Å². The number of anilines is 1. The monoisotopic (exact) mass is 328 g/mol. The highest BCUT2D eigenvalue weighted by Gasteiger charge is 2.31. The summed E-state index contributed by atoms with van der Waals surface area (Å²) >= 11 is 4.84. The SMILES string of the molecule is CC(C)/C(=C(/N)N1CCC[S+]1[O-])N(N)c1ccc(Cl)cc1. The van der Waals surface area contributed by atoms with Crippen molar-refractivity contribution in [1.82, 2.24) is 4.31 Å². The molecule has 21 heavy (non-hydrogen) atoms. The molecule has 1 fully saturated rings. The number of hydrogen-bond acceptors (Lipinski definition) is 5. The van der Waals surface area contributed by atoms with Crippen LogP contribution in [0.4, 0.5) is 5.69 Å². The lowest BCUT2D eigenvalue weighted by molar-refractivity contribution is 0.493. The Labute approximate surface area is 133 Å². The van der Waals surface area contributed by atoms with E-state index in [0.717, 1.165) is 17.8 Å². The molecule has 1 atom stereocenters. The maximum Gasteiger partial charge on any atom is 0.166 e. The van der Waals surface area contributed by atoms with Crippen LogP contribution in [0.5, 0.6) is 0 Å². The Morgan fingerprint density at radius 2 is 2.00 bits per heavy atom. The summed E-state index contributed by atoms with van der Waals surface area (Å²) in [5.74, 6) is 7.47. The van der Waals surface area contributed by atoms with Crippen molar-refractivity contribution in [3.63, 3.8) is 0 Å². The minimum Gasteiger partial charge on any atom is -0.593 e. The third-order valence-electron chi connectivity index (χ3n) is 3.37. The van der Waals surface area contributed by atoms with Gasteiger partial charge in [0.05, 0.1) is 29.3 Å². The molecule has 1 saturated heterocycles. The van der Waals surface area contributed by atoms with E-state index in [-0.39, 0.29) is 5.92 Å². The minimum atomic E-state index is -1.06. The summed E-state index contributed by atoms with van der Waals surface area (Å²) in [5, 5.41) is 2.20. The van der Waals surface area contributed by atoms with Crippen molar-refractivity contribution in [3.05, 3.63) is 40.8 Å². The Bertz CT molecular complexity index is 520. The van der Waals surface area contributed by atoms with Crippen LogP contribution >= 0.6 is 11.6 Å². The third kappa shape index (κ3) is 3.58. The Kier molecular flexibility index (Phi) is 5.27. The normalized spacial score (nSPS) is 19.9. The molecule has 7 heteroatoms. The molecule has 0 bridgehead atoms. The van der Waals surface area contributed by atoms with E-state index >= 15 is 0 Å². The smallest absolute Gasteiger partial charge is 0.166 e. The predicted octanol–water partition coefficient (Wildman–Crippen LogP) is 2.17. The molecule has 0 spiro atoms. The van der Waals surface area contributed by atoms with E-state index in [1.807, 2.05) is 26.0 Å². The fourth-order valence-electron chi connectivity index (χ4n) is 2.34. The summed E-state index contributed by atoms with van der Waals surface area (Å²) in [7, 11) is 0. The second kappa shape index (κ2) is 6.79. The first kappa shape index (κ1) is 16.3. The first-order valence-corrected chi connectivity index (χ1v) is 8.53. The van der Waals surface area contributed by atoms with Crippen LogP contribution in [0.1, 0.15) is 20.3 Å². The number of nitrogens with two attached hydrogens (primary N) is 2. The highest BCUT2D eigenvalue weighted by atomic mass is 35.5. The van der Waals surface area contributed by atoms with Crippen LogP contribution in [0.3, 0.4) is 0 Å². The van der Waals surface area contributed by atoms with E-state index in [1.165, 1.54) is 0 Å². The molecule has 1 aromatic carbocycles. The van der Waals surface area contributed by atoms with E-state index in [1.54, 1.807) is 21.4 Å². The molecule has 4 N–H and O–H groups in total. The summed E-state index contributed by atoms with van der Waals surface area (Å²) in [4.78, 5) is 0. The summed E-state index contributed by atoms with van der Waals surface area (Å²) < 4.78 is 13.7. The largest absolute Gasteiger partial charge is 0.593 e. The number of hydrogen-bond donors (Lipinski definition) is 2. The van der Waals surface area contributed by atoms with Gasteiger partial charge in [0.1, 0.15) is 5.75 Å². The van der Waals surface area contributed by atoms with Gasteiger partial charge < -0.3 is 10.3 Å². The lowest BCUT2D eigenvalue weighted by Crippen LogP contribution is -2.40. The number of allylic oxidation sites excluding steroid dienone is 1. The Morgan fingerprint density at radius 3 is 2.48 bits per heavy atom. The van der Waals surface area contributed by atoms with Gasteiger partial charge in [-0.05, 0) is 30.2 Å². The molecule has 116 valence electrons. The van der Waals surface area contributed by atoms with Gasteiger partial charge in [-0.25, -0.2) is 5.84 Å². The van der Waals surface area contributed by atoms with Crippen molar-refractivity contribution in [2.24, 2.45) is 17.5 Å². The van der Waals surface area contributed by atoms with Crippen molar-refractivity contribution >= 4 is 28.7 Å². The van der Waals surface area contributed by atoms with Gasteiger partial charge in [-0.3, -0.25) is 5.01 Å². The lowest BCUT2D eigenvalue weighted by Gasteiger charge is -2.29. The quantitative estimate of drug-likeness (QED) is 0.503. The molecule has 0 saturated carbocycles. The topological polar surface area (TPSA) is 81.6 Å². The molecule has 2 rings (SSSR count). The number of nitrogens with zero attached hydrogens (tertiary/aromatic N) is 2. The van der Waals surface area contributed by atoms with Gasteiger partial charge in [0, 0.05) is 11.4 Å². The highest BCUT2D eigenvalue weighted by Crippen LogP contribution is 2.27. The van der Waals surface area contributed by atoms with Gasteiger partial charge in [0.15, 0.2) is 5.82 Å². The Morgan fingerprint density at radius 1 is 1.38 bits per heavy atom. The number of rotatable bonds is 4. The van der Waals surface area contributed by atoms with E-state index in [0.29, 0.717) is 23.1 Å². The number of benzene rings is 1. The molecular formula is C14H21ClN4OS. The average molecular weight is 329 g/mol. The van der Waals surface area contributed by atoms with Crippen molar-refractivity contribution < 1.29 is 4.55 Å². The molecule has 0 radical (unpaired) electrons. The van der Waals surface area contributed by atoms with Crippen LogP contribution in [-0.4, -0.2) is 21.2 Å². The lowest BCUT2D eigenvalue weighted by atomic mass is 10.1. The molecule has 1 aliphatic rings. The molecule has 1 unspecified atom stereocenters. The molecule has 1 heterocycles. The van der Waals surface area contributed by atoms with Crippen molar-refractivity contribution in [1.29, 1.82) is 0 Å². The second-order valence-corrected chi connectivity index (χ2v) is 7.18. The van der Waals surface area contributed by atoms with Gasteiger partial charge in [0.25, 0.3) is 0 Å². The average Bonchev–Trinajstić information content (AvgIpc) is 2.85. The van der Waals surface area contributed by atoms with Crippen LogP contribution in [0.15, 0.2) is 35.8 Å². The fourth-order valence-corrected chi connectivity index (χ4v) is 3.71. The molecule has 0 aliphatic carbocycles. The molecule has 1 aromatic rings. The van der Waals surface area contributed by atoms with E-state index in [4.69, 9.17) is 23.2 Å². The zero-order valence-corrected chi connectivity index (χ0v) is 13.8. The second-order valence-electron chi connectivity index (χ2n) is 5.25. The first-order valence-electron chi connectivity index (χ1n) is 6.88. The van der Waals surface area contributed by atoms with Gasteiger partial charge in [-0.15, -0.1) is 0 Å². The first-order chi connectivity index (χ1) is 9.91. The van der Waals surface area contributed by atoms with E-state index < -0.39 is 11.4 Å². The number of halogens is 1. The summed E-state index contributed by atoms with van der Waals surface area (Å²) in [6.07, 6.45) is 0.879. The Hall–Kier alpha value is -1.08. The minimum absolute atomic E-state index is 0.100. The molecule has 0 aromatic heterocycles. The maximum absolute atomic E-state index is 12.0. The summed E-state index contributed by atoms with van der Waals surface area (Å²) in [5.41, 5.74) is 7.79. The molecule has 0 amide bonds. The predicted molar refractivity (Wildman–Crippen MR) is 88.5 cm³/mol. The van der Waals surface area contributed by atoms with Gasteiger partial charge in [-0.2, -0.15) is 4.31 Å². The van der Waals surface area contributed by atoms with Crippen LogP contribution in [0, 0.1) is 5.92 Å². The van der Waals surface area contributed by atoms with Crippen LogP contribution in [-0.2, 0) is 11.4 Å². The number of hydrazine groups is 1. The Balaban J connectivity index is 2.35. The van der Waals surface area contributed by atoms with Crippen LogP contribution in [0.2, 0.25) is 5.02 Å². The van der Waals surface area contributed by atoms with Gasteiger partial charge in [0.2, 0.25) is 0 Å². The zero-order chi connectivity index (χ0) is 15.6.